The second-order valence-corrected chi connectivity index (χ2v) is 4.72. The number of nitrogens with zero attached hydrogens (tertiary/aromatic N) is 5. The van der Waals surface area contributed by atoms with Crippen molar-refractivity contribution in [1.29, 1.82) is 5.26 Å². The van der Waals surface area contributed by atoms with Crippen molar-refractivity contribution in [2.24, 2.45) is 0 Å². The number of anilines is 1. The molecule has 6 nitrogen and oxygen atoms in total. The molecule has 0 radical (unpaired) electrons. The van der Waals surface area contributed by atoms with Crippen LogP contribution in [0.15, 0.2) is 12.4 Å². The molecule has 1 aromatic rings. The van der Waals surface area contributed by atoms with E-state index in [9.17, 15) is 0 Å². The van der Waals surface area contributed by atoms with Gasteiger partial charge in [0.1, 0.15) is 11.9 Å². The third kappa shape index (κ3) is 2.15. The number of aromatic nitrogens is 2. The standard InChI is InChI=1S/C12H16N6/c13-5-10-6-16-12(7-15-10)18-8-11(9-18)17-3-1-14-2-4-17/h6-7,11,14H,1-4,8-9H2. The summed E-state index contributed by atoms with van der Waals surface area (Å²) in [5.74, 6) is 0.875. The Balaban J connectivity index is 1.56. The Bertz CT molecular complexity index is 439. The molecule has 2 saturated heterocycles. The smallest absolute Gasteiger partial charge is 0.158 e. The molecule has 1 aromatic heterocycles. The van der Waals surface area contributed by atoms with E-state index in [-0.39, 0.29) is 0 Å². The van der Waals surface area contributed by atoms with E-state index < -0.39 is 0 Å². The number of hydrogen-bond acceptors (Lipinski definition) is 6. The van der Waals surface area contributed by atoms with Gasteiger partial charge in [-0.1, -0.05) is 0 Å². The average molecular weight is 244 g/mol. The lowest BCUT2D eigenvalue weighted by molar-refractivity contribution is 0.147. The summed E-state index contributed by atoms with van der Waals surface area (Å²) < 4.78 is 0. The van der Waals surface area contributed by atoms with Crippen molar-refractivity contribution >= 4 is 5.82 Å². The fourth-order valence-electron chi connectivity index (χ4n) is 2.46. The molecule has 0 saturated carbocycles. The maximum atomic E-state index is 8.67. The summed E-state index contributed by atoms with van der Waals surface area (Å²) in [4.78, 5) is 13.1. The van der Waals surface area contributed by atoms with Gasteiger partial charge in [-0.2, -0.15) is 5.26 Å². The first kappa shape index (κ1) is 11.4. The lowest BCUT2D eigenvalue weighted by Crippen LogP contribution is -2.63. The summed E-state index contributed by atoms with van der Waals surface area (Å²) in [7, 11) is 0. The molecule has 0 aromatic carbocycles. The minimum absolute atomic E-state index is 0.373. The third-order valence-electron chi connectivity index (χ3n) is 3.61. The molecule has 0 spiro atoms. The Morgan fingerprint density at radius 1 is 1.22 bits per heavy atom. The van der Waals surface area contributed by atoms with Gasteiger partial charge >= 0.3 is 0 Å². The second kappa shape index (κ2) is 4.88. The van der Waals surface area contributed by atoms with E-state index in [0.29, 0.717) is 11.7 Å². The van der Waals surface area contributed by atoms with Crippen molar-refractivity contribution < 1.29 is 0 Å². The van der Waals surface area contributed by atoms with E-state index >= 15 is 0 Å². The minimum atomic E-state index is 0.373. The first-order valence-electron chi connectivity index (χ1n) is 6.28. The number of rotatable bonds is 2. The first-order valence-corrected chi connectivity index (χ1v) is 6.28. The Labute approximate surface area is 106 Å². The summed E-state index contributed by atoms with van der Waals surface area (Å²) in [5, 5.41) is 12.0. The lowest BCUT2D eigenvalue weighted by atomic mass is 10.1. The highest BCUT2D eigenvalue weighted by molar-refractivity contribution is 5.41. The first-order chi connectivity index (χ1) is 8.86. The zero-order chi connectivity index (χ0) is 12.4. The Morgan fingerprint density at radius 2 is 2.00 bits per heavy atom. The topological polar surface area (TPSA) is 68.1 Å². The van der Waals surface area contributed by atoms with Gasteiger partial charge in [-0.3, -0.25) is 4.90 Å². The zero-order valence-electron chi connectivity index (χ0n) is 10.2. The molecule has 0 bridgehead atoms. The molecule has 0 unspecified atom stereocenters. The van der Waals surface area contributed by atoms with Gasteiger partial charge in [-0.25, -0.2) is 9.97 Å². The average Bonchev–Trinajstić information content (AvgIpc) is 2.39. The Kier molecular flexibility index (Phi) is 3.09. The van der Waals surface area contributed by atoms with Crippen LogP contribution in [0.25, 0.3) is 0 Å². The number of hydrogen-bond donors (Lipinski definition) is 1. The van der Waals surface area contributed by atoms with E-state index in [1.807, 2.05) is 6.07 Å². The number of nitriles is 1. The van der Waals surface area contributed by atoms with Gasteiger partial charge in [0.15, 0.2) is 5.69 Å². The minimum Gasteiger partial charge on any atom is -0.352 e. The molecular weight excluding hydrogens is 228 g/mol. The van der Waals surface area contributed by atoms with Crippen LogP contribution in [0.2, 0.25) is 0 Å². The van der Waals surface area contributed by atoms with E-state index in [1.54, 1.807) is 6.20 Å². The molecule has 3 rings (SSSR count). The Hall–Kier alpha value is -1.71. The maximum Gasteiger partial charge on any atom is 0.158 e. The Morgan fingerprint density at radius 3 is 2.61 bits per heavy atom. The second-order valence-electron chi connectivity index (χ2n) is 4.72. The predicted molar refractivity (Wildman–Crippen MR) is 67.2 cm³/mol. The van der Waals surface area contributed by atoms with Crippen LogP contribution in [-0.2, 0) is 0 Å². The van der Waals surface area contributed by atoms with Crippen LogP contribution in [-0.4, -0.2) is 60.2 Å². The van der Waals surface area contributed by atoms with Gasteiger partial charge < -0.3 is 10.2 Å². The van der Waals surface area contributed by atoms with Gasteiger partial charge in [-0.05, 0) is 0 Å². The van der Waals surface area contributed by atoms with Crippen molar-refractivity contribution in [2.75, 3.05) is 44.2 Å². The fraction of sp³-hybridized carbons (Fsp3) is 0.583. The van der Waals surface area contributed by atoms with Crippen LogP contribution in [0.4, 0.5) is 5.82 Å². The lowest BCUT2D eigenvalue weighted by Gasteiger charge is -2.47. The molecule has 0 atom stereocenters. The number of nitrogens with one attached hydrogen (secondary N) is 1. The molecule has 2 aliphatic rings. The highest BCUT2D eigenvalue weighted by atomic mass is 15.3. The van der Waals surface area contributed by atoms with Crippen LogP contribution in [0.1, 0.15) is 5.69 Å². The van der Waals surface area contributed by atoms with E-state index in [4.69, 9.17) is 5.26 Å². The highest BCUT2D eigenvalue weighted by Gasteiger charge is 2.33. The SMILES string of the molecule is N#Cc1cnc(N2CC(N3CCNCC3)C2)cn1. The van der Waals surface area contributed by atoms with Crippen molar-refractivity contribution in [3.8, 4) is 6.07 Å². The zero-order valence-corrected chi connectivity index (χ0v) is 10.2. The fourth-order valence-corrected chi connectivity index (χ4v) is 2.46. The monoisotopic (exact) mass is 244 g/mol. The summed E-state index contributed by atoms with van der Waals surface area (Å²) in [6, 6.07) is 2.63. The van der Waals surface area contributed by atoms with Crippen LogP contribution in [0.3, 0.4) is 0 Å². The summed E-state index contributed by atoms with van der Waals surface area (Å²) >= 11 is 0. The third-order valence-corrected chi connectivity index (χ3v) is 3.61. The van der Waals surface area contributed by atoms with Crippen molar-refractivity contribution in [3.05, 3.63) is 18.1 Å². The molecule has 1 N–H and O–H groups in total. The molecule has 0 aliphatic carbocycles. The normalized spacial score (nSPS) is 21.4. The van der Waals surface area contributed by atoms with Crippen molar-refractivity contribution in [2.45, 2.75) is 6.04 Å². The maximum absolute atomic E-state index is 8.67. The summed E-state index contributed by atoms with van der Waals surface area (Å²) in [6.45, 7) is 6.48. The van der Waals surface area contributed by atoms with E-state index in [0.717, 1.165) is 45.1 Å². The largest absolute Gasteiger partial charge is 0.352 e. The number of piperazine rings is 1. The van der Waals surface area contributed by atoms with E-state index in [1.165, 1.54) is 6.20 Å². The molecule has 3 heterocycles. The molecule has 0 amide bonds. The molecule has 6 heteroatoms. The van der Waals surface area contributed by atoms with Crippen LogP contribution >= 0.6 is 0 Å². The van der Waals surface area contributed by atoms with Crippen LogP contribution < -0.4 is 10.2 Å². The van der Waals surface area contributed by atoms with Gasteiger partial charge in [0.25, 0.3) is 0 Å². The van der Waals surface area contributed by atoms with Crippen molar-refractivity contribution in [1.82, 2.24) is 20.2 Å². The van der Waals surface area contributed by atoms with Gasteiger partial charge in [0, 0.05) is 45.3 Å². The predicted octanol–water partition coefficient (Wildman–Crippen LogP) is -0.558. The van der Waals surface area contributed by atoms with E-state index in [2.05, 4.69) is 25.1 Å². The van der Waals surface area contributed by atoms with Gasteiger partial charge in [0.2, 0.25) is 0 Å². The van der Waals surface area contributed by atoms with Gasteiger partial charge in [0.05, 0.1) is 12.4 Å². The molecule has 94 valence electrons. The molecule has 18 heavy (non-hydrogen) atoms. The van der Waals surface area contributed by atoms with Crippen LogP contribution in [0, 0.1) is 11.3 Å². The van der Waals surface area contributed by atoms with Crippen molar-refractivity contribution in [3.63, 3.8) is 0 Å². The van der Waals surface area contributed by atoms with Crippen LogP contribution in [0.5, 0.6) is 0 Å². The summed E-state index contributed by atoms with van der Waals surface area (Å²) in [6.07, 6.45) is 3.22. The molecule has 2 aliphatic heterocycles. The molecule has 2 fully saturated rings. The quantitative estimate of drug-likeness (QED) is 0.752. The molecular formula is C12H16N6. The highest BCUT2D eigenvalue weighted by Crippen LogP contribution is 2.21. The van der Waals surface area contributed by atoms with Gasteiger partial charge in [-0.15, -0.1) is 0 Å². The summed E-state index contributed by atoms with van der Waals surface area (Å²) in [5.41, 5.74) is 0.373.